The molecule has 0 heterocycles. The molecule has 2 atom stereocenters. The van der Waals surface area contributed by atoms with Crippen LogP contribution in [0.2, 0.25) is 0 Å². The number of rotatable bonds is 6. The highest BCUT2D eigenvalue weighted by Gasteiger charge is 2.58. The Morgan fingerprint density at radius 2 is 1.95 bits per heavy atom. The summed E-state index contributed by atoms with van der Waals surface area (Å²) in [5.74, 6) is 0.918. The van der Waals surface area contributed by atoms with Crippen molar-refractivity contribution in [3.05, 3.63) is 0 Å². The lowest BCUT2D eigenvalue weighted by Crippen LogP contribution is -2.69. The molecule has 0 saturated heterocycles. The molecule has 1 amide bonds. The quantitative estimate of drug-likeness (QED) is 0.783. The second-order valence-electron chi connectivity index (χ2n) is 6.56. The van der Waals surface area contributed by atoms with Gasteiger partial charge in [-0.1, -0.05) is 13.8 Å². The van der Waals surface area contributed by atoms with Gasteiger partial charge in [-0.15, -0.1) is 12.4 Å². The van der Waals surface area contributed by atoms with Crippen molar-refractivity contribution in [3.63, 3.8) is 0 Å². The molecule has 2 fully saturated rings. The first kappa shape index (κ1) is 16.7. The predicted molar refractivity (Wildman–Crippen MR) is 78.6 cm³/mol. The van der Waals surface area contributed by atoms with Crippen LogP contribution < -0.4 is 10.6 Å². The largest absolute Gasteiger partial charge is 0.378 e. The van der Waals surface area contributed by atoms with Crippen molar-refractivity contribution in [2.24, 2.45) is 11.3 Å². The summed E-state index contributed by atoms with van der Waals surface area (Å²) in [5, 5.41) is 6.33. The molecule has 2 saturated carbocycles. The van der Waals surface area contributed by atoms with Crippen LogP contribution in [0.4, 0.5) is 0 Å². The van der Waals surface area contributed by atoms with Crippen molar-refractivity contribution in [2.75, 3.05) is 20.2 Å². The summed E-state index contributed by atoms with van der Waals surface area (Å²) in [6.07, 6.45) is 3.53. The summed E-state index contributed by atoms with van der Waals surface area (Å²) in [6, 6.07) is 0.220. The smallest absolute Gasteiger partial charge is 0.234 e. The Morgan fingerprint density at radius 1 is 1.32 bits per heavy atom. The molecule has 2 aliphatic rings. The van der Waals surface area contributed by atoms with Gasteiger partial charge in [-0.05, 0) is 38.6 Å². The number of carbonyl (C=O) groups is 1. The second-order valence-corrected chi connectivity index (χ2v) is 6.56. The van der Waals surface area contributed by atoms with E-state index < -0.39 is 0 Å². The number of amides is 1. The molecule has 0 radical (unpaired) electrons. The summed E-state index contributed by atoms with van der Waals surface area (Å²) in [6.45, 7) is 7.84. The molecule has 19 heavy (non-hydrogen) atoms. The van der Waals surface area contributed by atoms with Crippen LogP contribution in [-0.2, 0) is 9.53 Å². The first-order chi connectivity index (χ1) is 8.39. The van der Waals surface area contributed by atoms with E-state index in [0.29, 0.717) is 6.54 Å². The monoisotopic (exact) mass is 290 g/mol. The van der Waals surface area contributed by atoms with Crippen LogP contribution in [-0.4, -0.2) is 37.7 Å². The Labute approximate surface area is 122 Å². The molecular formula is C14H27ClN2O2. The Morgan fingerprint density at radius 3 is 2.42 bits per heavy atom. The molecule has 0 spiro atoms. The third-order valence-corrected chi connectivity index (χ3v) is 5.03. The van der Waals surface area contributed by atoms with Crippen molar-refractivity contribution in [2.45, 2.75) is 51.7 Å². The number of halogens is 1. The van der Waals surface area contributed by atoms with Gasteiger partial charge in [0.2, 0.25) is 5.91 Å². The van der Waals surface area contributed by atoms with E-state index >= 15 is 0 Å². The highest BCUT2D eigenvalue weighted by Crippen LogP contribution is 2.51. The fourth-order valence-corrected chi connectivity index (χ4v) is 2.68. The van der Waals surface area contributed by atoms with Gasteiger partial charge in [0.25, 0.3) is 0 Å². The zero-order valence-electron chi connectivity index (χ0n) is 12.4. The lowest BCUT2D eigenvalue weighted by Gasteiger charge is -2.59. The van der Waals surface area contributed by atoms with E-state index in [9.17, 15) is 4.79 Å². The van der Waals surface area contributed by atoms with Crippen LogP contribution >= 0.6 is 12.4 Å². The molecule has 5 heteroatoms. The van der Waals surface area contributed by atoms with Crippen LogP contribution in [0, 0.1) is 11.3 Å². The van der Waals surface area contributed by atoms with Crippen LogP contribution in [0.15, 0.2) is 0 Å². The Balaban J connectivity index is 0.00000180. The number of nitrogens with one attached hydrogen (secondary N) is 2. The number of hydrogen-bond acceptors (Lipinski definition) is 3. The Bertz CT molecular complexity index is 331. The maximum atomic E-state index is 11.8. The van der Waals surface area contributed by atoms with Crippen molar-refractivity contribution >= 4 is 18.3 Å². The molecule has 4 nitrogen and oxygen atoms in total. The molecule has 112 valence electrons. The Kier molecular flexibility index (Phi) is 5.27. The number of carbonyl (C=O) groups excluding carboxylic acids is 1. The minimum atomic E-state index is -0.119. The van der Waals surface area contributed by atoms with E-state index in [0.717, 1.165) is 18.9 Å². The lowest BCUT2D eigenvalue weighted by atomic mass is 9.56. The highest BCUT2D eigenvalue weighted by molar-refractivity contribution is 5.85. The molecule has 2 rings (SSSR count). The summed E-state index contributed by atoms with van der Waals surface area (Å²) >= 11 is 0. The number of ether oxygens (including phenoxy) is 1. The molecule has 0 bridgehead atoms. The average Bonchev–Trinajstić information content (AvgIpc) is 3.12. The van der Waals surface area contributed by atoms with Gasteiger partial charge < -0.3 is 15.4 Å². The molecule has 0 aromatic heterocycles. The Hall–Kier alpha value is -0.320. The topological polar surface area (TPSA) is 50.4 Å². The fraction of sp³-hybridized carbons (Fsp3) is 0.929. The van der Waals surface area contributed by atoms with Gasteiger partial charge in [-0.25, -0.2) is 0 Å². The molecule has 0 aliphatic heterocycles. The van der Waals surface area contributed by atoms with Gasteiger partial charge in [0.05, 0.1) is 12.1 Å². The van der Waals surface area contributed by atoms with Crippen molar-refractivity contribution < 1.29 is 9.53 Å². The van der Waals surface area contributed by atoms with Crippen LogP contribution in [0.1, 0.15) is 40.0 Å². The van der Waals surface area contributed by atoms with Gasteiger partial charge >= 0.3 is 0 Å². The zero-order valence-corrected chi connectivity index (χ0v) is 13.2. The van der Waals surface area contributed by atoms with Gasteiger partial charge in [0.1, 0.15) is 0 Å². The predicted octanol–water partition coefficient (Wildman–Crippen LogP) is 1.73. The number of hydrogen-bond donors (Lipinski definition) is 2. The average molecular weight is 291 g/mol. The van der Waals surface area contributed by atoms with Crippen molar-refractivity contribution in [1.82, 2.24) is 10.6 Å². The first-order valence-electron chi connectivity index (χ1n) is 6.94. The molecule has 2 unspecified atom stereocenters. The zero-order chi connectivity index (χ0) is 13.4. The minimum Gasteiger partial charge on any atom is -0.378 e. The van der Waals surface area contributed by atoms with Gasteiger partial charge in [-0.2, -0.15) is 0 Å². The number of methoxy groups -OCH3 is 1. The van der Waals surface area contributed by atoms with E-state index in [1.807, 2.05) is 0 Å². The maximum absolute atomic E-state index is 11.8. The summed E-state index contributed by atoms with van der Waals surface area (Å²) in [5.41, 5.74) is -0.125. The molecule has 2 aliphatic carbocycles. The maximum Gasteiger partial charge on any atom is 0.234 e. The van der Waals surface area contributed by atoms with Crippen molar-refractivity contribution in [3.8, 4) is 0 Å². The second kappa shape index (κ2) is 5.98. The van der Waals surface area contributed by atoms with E-state index in [1.54, 1.807) is 7.11 Å². The third kappa shape index (κ3) is 3.41. The standard InChI is InChI=1S/C14H26N2O2.ClH/c1-13(2)11(7-14(13,3)18-4)16-12(17)9-15-8-10-5-6-10;/h10-11,15H,5-9H2,1-4H3,(H,16,17);1H. The lowest BCUT2D eigenvalue weighted by molar-refractivity contribution is -0.182. The van der Waals surface area contributed by atoms with Crippen molar-refractivity contribution in [1.29, 1.82) is 0 Å². The SMILES string of the molecule is COC1(C)CC(NC(=O)CNCC2CC2)C1(C)C.Cl. The van der Waals surface area contributed by atoms with E-state index in [2.05, 4.69) is 31.4 Å². The normalized spacial score (nSPS) is 32.1. The van der Waals surface area contributed by atoms with Crippen LogP contribution in [0.3, 0.4) is 0 Å². The van der Waals surface area contributed by atoms with E-state index in [1.165, 1.54) is 12.8 Å². The summed E-state index contributed by atoms with van der Waals surface area (Å²) in [7, 11) is 1.75. The van der Waals surface area contributed by atoms with Crippen LogP contribution in [0.5, 0.6) is 0 Å². The summed E-state index contributed by atoms with van der Waals surface area (Å²) < 4.78 is 5.55. The highest BCUT2D eigenvalue weighted by atomic mass is 35.5. The molecular weight excluding hydrogens is 264 g/mol. The summed E-state index contributed by atoms with van der Waals surface area (Å²) in [4.78, 5) is 11.8. The van der Waals surface area contributed by atoms with E-state index in [-0.39, 0.29) is 35.4 Å². The molecule has 2 N–H and O–H groups in total. The first-order valence-corrected chi connectivity index (χ1v) is 6.94. The third-order valence-electron chi connectivity index (χ3n) is 5.03. The minimum absolute atomic E-state index is 0. The van der Waals surface area contributed by atoms with Gasteiger partial charge in [0, 0.05) is 18.6 Å². The fourth-order valence-electron chi connectivity index (χ4n) is 2.68. The van der Waals surface area contributed by atoms with Crippen LogP contribution in [0.25, 0.3) is 0 Å². The van der Waals surface area contributed by atoms with E-state index in [4.69, 9.17) is 4.74 Å². The molecule has 0 aromatic rings. The van der Waals surface area contributed by atoms with Gasteiger partial charge in [0.15, 0.2) is 0 Å². The van der Waals surface area contributed by atoms with Gasteiger partial charge in [-0.3, -0.25) is 4.79 Å². The molecule has 0 aromatic carbocycles.